The van der Waals surface area contributed by atoms with Crippen molar-refractivity contribution >= 4 is 29.2 Å². The molecule has 0 saturated carbocycles. The molecule has 1 aliphatic rings. The van der Waals surface area contributed by atoms with Gasteiger partial charge < -0.3 is 5.32 Å². The van der Waals surface area contributed by atoms with Gasteiger partial charge in [0.1, 0.15) is 23.6 Å². The largest absolute Gasteiger partial charge is 0.325 e. The summed E-state index contributed by atoms with van der Waals surface area (Å²) in [5.74, 6) is -1.95. The van der Waals surface area contributed by atoms with Crippen LogP contribution >= 0.6 is 0 Å². The third kappa shape index (κ3) is 3.83. The molecule has 10 nitrogen and oxygen atoms in total. The van der Waals surface area contributed by atoms with Gasteiger partial charge in [0.15, 0.2) is 0 Å². The molecule has 150 valence electrons. The van der Waals surface area contributed by atoms with Crippen molar-refractivity contribution in [3.63, 3.8) is 0 Å². The number of urea groups is 1. The first-order chi connectivity index (χ1) is 13.7. The summed E-state index contributed by atoms with van der Waals surface area (Å²) >= 11 is 0. The fourth-order valence-electron chi connectivity index (χ4n) is 2.88. The van der Waals surface area contributed by atoms with E-state index >= 15 is 0 Å². The van der Waals surface area contributed by atoms with Gasteiger partial charge in [-0.15, -0.1) is 0 Å². The van der Waals surface area contributed by atoms with E-state index in [1.807, 2.05) is 0 Å². The second kappa shape index (κ2) is 7.54. The highest BCUT2D eigenvalue weighted by Crippen LogP contribution is 2.28. The SMILES string of the molecule is CC1(c2ccc(F)cc2)NC(=O)N(CC(=O)NNc2ccccc2[N+](=O)[O-])C1=O. The molecule has 3 rings (SSSR count). The maximum atomic E-state index is 13.1. The molecule has 4 amide bonds. The third-order valence-electron chi connectivity index (χ3n) is 4.44. The van der Waals surface area contributed by atoms with Crippen molar-refractivity contribution in [2.24, 2.45) is 0 Å². The molecular formula is C18H16FN5O5. The number of halogens is 1. The number of carbonyl (C=O) groups is 3. The van der Waals surface area contributed by atoms with Crippen LogP contribution < -0.4 is 16.2 Å². The first-order valence-electron chi connectivity index (χ1n) is 8.41. The lowest BCUT2D eigenvalue weighted by molar-refractivity contribution is -0.384. The van der Waals surface area contributed by atoms with E-state index in [0.717, 1.165) is 12.1 Å². The minimum absolute atomic E-state index is 0.0409. The third-order valence-corrected chi connectivity index (χ3v) is 4.44. The number of imide groups is 1. The predicted molar refractivity (Wildman–Crippen MR) is 98.9 cm³/mol. The highest BCUT2D eigenvalue weighted by atomic mass is 19.1. The molecular weight excluding hydrogens is 385 g/mol. The van der Waals surface area contributed by atoms with E-state index in [1.54, 1.807) is 0 Å². The summed E-state index contributed by atoms with van der Waals surface area (Å²) < 4.78 is 13.1. The lowest BCUT2D eigenvalue weighted by Gasteiger charge is -2.22. The number of hydrogen-bond acceptors (Lipinski definition) is 6. The Labute approximate surface area is 163 Å². The zero-order valence-corrected chi connectivity index (χ0v) is 15.1. The Hall–Kier alpha value is -4.02. The van der Waals surface area contributed by atoms with Gasteiger partial charge in [0.05, 0.1) is 4.92 Å². The number of nitro groups is 1. The van der Waals surface area contributed by atoms with Gasteiger partial charge in [0, 0.05) is 6.07 Å². The summed E-state index contributed by atoms with van der Waals surface area (Å²) in [6.07, 6.45) is 0. The van der Waals surface area contributed by atoms with Gasteiger partial charge in [-0.25, -0.2) is 9.18 Å². The van der Waals surface area contributed by atoms with E-state index in [4.69, 9.17) is 0 Å². The van der Waals surface area contributed by atoms with E-state index in [9.17, 15) is 28.9 Å². The molecule has 1 heterocycles. The lowest BCUT2D eigenvalue weighted by atomic mass is 9.92. The summed E-state index contributed by atoms with van der Waals surface area (Å²) in [6.45, 7) is 0.832. The van der Waals surface area contributed by atoms with Gasteiger partial charge in [-0.2, -0.15) is 0 Å². The molecule has 1 aliphatic heterocycles. The standard InChI is InChI=1S/C18H16FN5O5/c1-18(11-6-8-12(19)9-7-11)16(26)23(17(27)20-18)10-15(25)22-21-13-4-2-3-5-14(13)24(28)29/h2-9,21H,10H2,1H3,(H,20,27)(H,22,25). The molecule has 2 aromatic rings. The van der Waals surface area contributed by atoms with Gasteiger partial charge in [0.2, 0.25) is 0 Å². The number of benzene rings is 2. The van der Waals surface area contributed by atoms with Crippen LogP contribution in [0.5, 0.6) is 0 Å². The molecule has 3 N–H and O–H groups in total. The average molecular weight is 401 g/mol. The topological polar surface area (TPSA) is 134 Å². The van der Waals surface area contributed by atoms with Crippen LogP contribution in [0.25, 0.3) is 0 Å². The molecule has 0 aliphatic carbocycles. The molecule has 2 aromatic carbocycles. The van der Waals surface area contributed by atoms with Gasteiger partial charge in [-0.05, 0) is 30.7 Å². The molecule has 1 saturated heterocycles. The molecule has 0 radical (unpaired) electrons. The van der Waals surface area contributed by atoms with E-state index in [1.165, 1.54) is 43.3 Å². The molecule has 0 bridgehead atoms. The van der Waals surface area contributed by atoms with Gasteiger partial charge in [-0.3, -0.25) is 35.5 Å². The maximum Gasteiger partial charge on any atom is 0.325 e. The first-order valence-corrected chi connectivity index (χ1v) is 8.41. The fourth-order valence-corrected chi connectivity index (χ4v) is 2.88. The second-order valence-corrected chi connectivity index (χ2v) is 6.40. The molecule has 1 fully saturated rings. The van der Waals surface area contributed by atoms with E-state index in [2.05, 4.69) is 16.2 Å². The highest BCUT2D eigenvalue weighted by molar-refractivity contribution is 6.09. The minimum atomic E-state index is -1.45. The number of hydrogen-bond donors (Lipinski definition) is 3. The number of hydrazine groups is 1. The zero-order chi connectivity index (χ0) is 21.2. The predicted octanol–water partition coefficient (Wildman–Crippen LogP) is 1.64. The fraction of sp³-hybridized carbons (Fsp3) is 0.167. The van der Waals surface area contributed by atoms with Crippen molar-refractivity contribution in [3.8, 4) is 0 Å². The highest BCUT2D eigenvalue weighted by Gasteiger charge is 2.49. The molecule has 1 unspecified atom stereocenters. The number of anilines is 1. The van der Waals surface area contributed by atoms with Crippen LogP contribution in [0.15, 0.2) is 48.5 Å². The van der Waals surface area contributed by atoms with Crippen molar-refractivity contribution in [1.29, 1.82) is 0 Å². The van der Waals surface area contributed by atoms with E-state index in [0.29, 0.717) is 10.5 Å². The van der Waals surface area contributed by atoms with Crippen LogP contribution in [0.1, 0.15) is 12.5 Å². The summed E-state index contributed by atoms with van der Waals surface area (Å²) in [4.78, 5) is 48.2. The molecule has 0 spiro atoms. The number of para-hydroxylation sites is 2. The van der Waals surface area contributed by atoms with E-state index in [-0.39, 0.29) is 11.4 Å². The number of carbonyl (C=O) groups excluding carboxylic acids is 3. The van der Waals surface area contributed by atoms with Crippen molar-refractivity contribution in [2.75, 3.05) is 12.0 Å². The smallest absolute Gasteiger partial charge is 0.319 e. The number of rotatable bonds is 6. The van der Waals surface area contributed by atoms with Crippen LogP contribution in [0.2, 0.25) is 0 Å². The molecule has 29 heavy (non-hydrogen) atoms. The maximum absolute atomic E-state index is 13.1. The average Bonchev–Trinajstić information content (AvgIpc) is 2.91. The van der Waals surface area contributed by atoms with Gasteiger partial charge >= 0.3 is 6.03 Å². The van der Waals surface area contributed by atoms with Crippen LogP contribution in [-0.2, 0) is 15.1 Å². The summed E-state index contributed by atoms with van der Waals surface area (Å²) in [5, 5.41) is 13.5. The Balaban J connectivity index is 1.68. The Morgan fingerprint density at radius 2 is 1.86 bits per heavy atom. The van der Waals surface area contributed by atoms with Crippen molar-refractivity contribution < 1.29 is 23.7 Å². The summed E-state index contributed by atoms with van der Waals surface area (Å²) in [6, 6.07) is 9.90. The Bertz CT molecular complexity index is 996. The summed E-state index contributed by atoms with van der Waals surface area (Å²) in [7, 11) is 0. The monoisotopic (exact) mass is 401 g/mol. The number of nitro benzene ring substituents is 1. The van der Waals surface area contributed by atoms with Gasteiger partial charge in [-0.1, -0.05) is 24.3 Å². The number of amides is 4. The molecule has 1 atom stereocenters. The minimum Gasteiger partial charge on any atom is -0.319 e. The first kappa shape index (κ1) is 19.7. The normalized spacial score (nSPS) is 18.3. The number of nitrogens with zero attached hydrogens (tertiary/aromatic N) is 2. The van der Waals surface area contributed by atoms with Crippen LogP contribution in [-0.4, -0.2) is 34.2 Å². The zero-order valence-electron chi connectivity index (χ0n) is 15.1. The molecule has 11 heteroatoms. The quantitative estimate of drug-likeness (QED) is 0.383. The van der Waals surface area contributed by atoms with Crippen molar-refractivity contribution in [3.05, 3.63) is 70.0 Å². The Morgan fingerprint density at radius 1 is 1.21 bits per heavy atom. The van der Waals surface area contributed by atoms with E-state index < -0.39 is 40.7 Å². The lowest BCUT2D eigenvalue weighted by Crippen LogP contribution is -2.44. The van der Waals surface area contributed by atoms with Crippen molar-refractivity contribution in [2.45, 2.75) is 12.5 Å². The van der Waals surface area contributed by atoms with Crippen LogP contribution in [0.4, 0.5) is 20.6 Å². The van der Waals surface area contributed by atoms with Crippen LogP contribution in [0.3, 0.4) is 0 Å². The van der Waals surface area contributed by atoms with Crippen LogP contribution in [0, 0.1) is 15.9 Å². The summed E-state index contributed by atoms with van der Waals surface area (Å²) in [5.41, 5.74) is 3.32. The second-order valence-electron chi connectivity index (χ2n) is 6.40. The van der Waals surface area contributed by atoms with Gasteiger partial charge in [0.25, 0.3) is 17.5 Å². The Morgan fingerprint density at radius 3 is 2.52 bits per heavy atom. The van der Waals surface area contributed by atoms with Crippen molar-refractivity contribution in [1.82, 2.24) is 15.6 Å². The number of nitrogens with one attached hydrogen (secondary N) is 3. The Kier molecular flexibility index (Phi) is 5.13. The molecule has 0 aromatic heterocycles.